The van der Waals surface area contributed by atoms with E-state index >= 15 is 0 Å². The summed E-state index contributed by atoms with van der Waals surface area (Å²) >= 11 is 0. The second kappa shape index (κ2) is 10.0. The first-order chi connectivity index (χ1) is 16.6. The van der Waals surface area contributed by atoms with Crippen LogP contribution in [0, 0.1) is 0 Å². The number of nitrogens with one attached hydrogen (secondary N) is 1. The van der Waals surface area contributed by atoms with Crippen molar-refractivity contribution in [3.8, 4) is 0 Å². The quantitative estimate of drug-likeness (QED) is 0.538. The average molecular weight is 479 g/mol. The van der Waals surface area contributed by atoms with Crippen molar-refractivity contribution in [2.24, 2.45) is 0 Å². The van der Waals surface area contributed by atoms with Gasteiger partial charge in [-0.05, 0) is 70.8 Å². The third-order valence-corrected chi connectivity index (χ3v) is 6.60. The summed E-state index contributed by atoms with van der Waals surface area (Å²) in [6.45, 7) is 5.94. The monoisotopic (exact) mass is 478 g/mol. The SMILES string of the molecule is CN(Cc1nc2ccccn2c1CNC(=O)CN(C(=O)O)C(C)(C)C)[C@H]1CCCc2cccnc21. The molecule has 4 rings (SSSR count). The van der Waals surface area contributed by atoms with Gasteiger partial charge in [-0.3, -0.25) is 19.6 Å². The van der Waals surface area contributed by atoms with Gasteiger partial charge in [-0.2, -0.15) is 0 Å². The van der Waals surface area contributed by atoms with Gasteiger partial charge in [-0.1, -0.05) is 12.1 Å². The lowest BCUT2D eigenvalue weighted by Crippen LogP contribution is -2.49. The summed E-state index contributed by atoms with van der Waals surface area (Å²) in [5.74, 6) is -0.349. The van der Waals surface area contributed by atoms with Crippen LogP contribution >= 0.6 is 0 Å². The number of imidazole rings is 1. The Balaban J connectivity index is 1.53. The average Bonchev–Trinajstić information content (AvgIpc) is 3.16. The van der Waals surface area contributed by atoms with E-state index in [0.29, 0.717) is 6.54 Å². The van der Waals surface area contributed by atoms with Gasteiger partial charge in [0.05, 0.1) is 29.7 Å². The molecular weight excluding hydrogens is 444 g/mol. The number of amides is 2. The highest BCUT2D eigenvalue weighted by molar-refractivity contribution is 5.82. The van der Waals surface area contributed by atoms with Crippen LogP contribution < -0.4 is 5.32 Å². The number of carboxylic acid groups (broad SMARTS) is 1. The summed E-state index contributed by atoms with van der Waals surface area (Å²) < 4.78 is 1.98. The largest absolute Gasteiger partial charge is 0.465 e. The van der Waals surface area contributed by atoms with Gasteiger partial charge in [-0.15, -0.1) is 0 Å². The molecule has 2 N–H and O–H groups in total. The van der Waals surface area contributed by atoms with Crippen LogP contribution in [0.25, 0.3) is 5.65 Å². The second-order valence-electron chi connectivity index (χ2n) is 10.1. The minimum absolute atomic E-state index is 0.211. The minimum Gasteiger partial charge on any atom is -0.465 e. The smallest absolute Gasteiger partial charge is 0.408 e. The van der Waals surface area contributed by atoms with E-state index in [9.17, 15) is 14.7 Å². The number of aromatic nitrogens is 3. The van der Waals surface area contributed by atoms with E-state index in [1.54, 1.807) is 20.8 Å². The molecule has 0 aliphatic heterocycles. The summed E-state index contributed by atoms with van der Waals surface area (Å²) in [6.07, 6.45) is 5.89. The lowest BCUT2D eigenvalue weighted by atomic mass is 9.91. The van der Waals surface area contributed by atoms with Crippen molar-refractivity contribution < 1.29 is 14.7 Å². The van der Waals surface area contributed by atoms with E-state index in [2.05, 4.69) is 28.3 Å². The molecule has 0 aromatic carbocycles. The van der Waals surface area contributed by atoms with Crippen molar-refractivity contribution >= 4 is 17.6 Å². The molecule has 3 aromatic heterocycles. The van der Waals surface area contributed by atoms with Crippen molar-refractivity contribution in [1.29, 1.82) is 0 Å². The Labute approximate surface area is 205 Å². The number of rotatable bonds is 7. The van der Waals surface area contributed by atoms with Gasteiger partial charge < -0.3 is 14.8 Å². The van der Waals surface area contributed by atoms with Crippen LogP contribution in [0.3, 0.4) is 0 Å². The normalized spacial score (nSPS) is 15.7. The third-order valence-electron chi connectivity index (χ3n) is 6.60. The maximum Gasteiger partial charge on any atom is 0.408 e. The lowest BCUT2D eigenvalue weighted by molar-refractivity contribution is -0.123. The molecule has 2 amide bonds. The lowest BCUT2D eigenvalue weighted by Gasteiger charge is -2.32. The first-order valence-electron chi connectivity index (χ1n) is 12.0. The standard InChI is InChI=1S/C26H34N6O3/c1-26(2,3)32(25(34)35)17-23(33)28-15-21-19(29-22-12-5-6-14-31(21)22)16-30(4)20-11-7-9-18-10-8-13-27-24(18)20/h5-6,8,10,12-14,20H,7,9,11,15-17H2,1-4H3,(H,28,33)(H,34,35)/t20-/m0/s1. The number of hydrogen-bond acceptors (Lipinski definition) is 5. The third kappa shape index (κ3) is 5.45. The maximum atomic E-state index is 12.7. The summed E-state index contributed by atoms with van der Waals surface area (Å²) in [5.41, 5.74) is 4.34. The second-order valence-corrected chi connectivity index (χ2v) is 10.1. The Hall–Kier alpha value is -3.46. The summed E-state index contributed by atoms with van der Waals surface area (Å²) in [7, 11) is 2.09. The van der Waals surface area contributed by atoms with Crippen LogP contribution in [-0.2, 0) is 24.3 Å². The Morgan fingerprint density at radius 3 is 2.77 bits per heavy atom. The molecule has 0 radical (unpaired) electrons. The van der Waals surface area contributed by atoms with E-state index < -0.39 is 11.6 Å². The Morgan fingerprint density at radius 2 is 2.03 bits per heavy atom. The zero-order valence-electron chi connectivity index (χ0n) is 20.9. The van der Waals surface area contributed by atoms with Crippen molar-refractivity contribution in [2.45, 2.75) is 64.7 Å². The van der Waals surface area contributed by atoms with Gasteiger partial charge in [0.1, 0.15) is 12.2 Å². The molecule has 186 valence electrons. The van der Waals surface area contributed by atoms with Crippen molar-refractivity contribution in [3.63, 3.8) is 0 Å². The first-order valence-corrected chi connectivity index (χ1v) is 12.0. The molecule has 3 aromatic rings. The molecule has 1 aliphatic carbocycles. The number of nitrogens with zero attached hydrogens (tertiary/aromatic N) is 5. The molecule has 0 bridgehead atoms. The van der Waals surface area contributed by atoms with Crippen molar-refractivity contribution in [1.82, 2.24) is 29.5 Å². The molecule has 35 heavy (non-hydrogen) atoms. The summed E-state index contributed by atoms with van der Waals surface area (Å²) in [4.78, 5) is 37.3. The molecule has 9 nitrogen and oxygen atoms in total. The van der Waals surface area contributed by atoms with Crippen LogP contribution in [0.15, 0.2) is 42.7 Å². The van der Waals surface area contributed by atoms with Gasteiger partial charge in [0.2, 0.25) is 5.91 Å². The van der Waals surface area contributed by atoms with E-state index in [0.717, 1.165) is 46.9 Å². The molecule has 0 saturated heterocycles. The molecule has 0 saturated carbocycles. The highest BCUT2D eigenvalue weighted by Crippen LogP contribution is 2.33. The van der Waals surface area contributed by atoms with Crippen molar-refractivity contribution in [2.75, 3.05) is 13.6 Å². The van der Waals surface area contributed by atoms with Gasteiger partial charge in [0.15, 0.2) is 0 Å². The highest BCUT2D eigenvalue weighted by atomic mass is 16.4. The maximum absolute atomic E-state index is 12.7. The molecule has 0 unspecified atom stereocenters. The van der Waals surface area contributed by atoms with Gasteiger partial charge in [0.25, 0.3) is 0 Å². The van der Waals surface area contributed by atoms with Crippen LogP contribution in [0.4, 0.5) is 4.79 Å². The number of hydrogen-bond donors (Lipinski definition) is 2. The molecule has 0 spiro atoms. The Morgan fingerprint density at radius 1 is 1.23 bits per heavy atom. The molecule has 9 heteroatoms. The van der Waals surface area contributed by atoms with E-state index in [4.69, 9.17) is 4.98 Å². The fourth-order valence-electron chi connectivity index (χ4n) is 4.74. The molecular formula is C26H34N6O3. The van der Waals surface area contributed by atoms with Crippen LogP contribution in [-0.4, -0.2) is 60.4 Å². The molecule has 1 aliphatic rings. The zero-order valence-corrected chi connectivity index (χ0v) is 20.9. The summed E-state index contributed by atoms with van der Waals surface area (Å²) in [6, 6.07) is 10.2. The van der Waals surface area contributed by atoms with E-state index in [1.165, 1.54) is 5.56 Å². The van der Waals surface area contributed by atoms with E-state index in [-0.39, 0.29) is 25.0 Å². The predicted octanol–water partition coefficient (Wildman–Crippen LogP) is 3.63. The number of carbonyl (C=O) groups excluding carboxylic acids is 1. The molecule has 0 fully saturated rings. The Bertz CT molecular complexity index is 1220. The predicted molar refractivity (Wildman–Crippen MR) is 133 cm³/mol. The van der Waals surface area contributed by atoms with Crippen LogP contribution in [0.5, 0.6) is 0 Å². The fraction of sp³-hybridized carbons (Fsp3) is 0.462. The molecule has 1 atom stereocenters. The van der Waals surface area contributed by atoms with Crippen LogP contribution in [0.1, 0.15) is 62.3 Å². The molecule has 3 heterocycles. The van der Waals surface area contributed by atoms with Gasteiger partial charge in [0, 0.05) is 24.5 Å². The fourth-order valence-corrected chi connectivity index (χ4v) is 4.74. The topological polar surface area (TPSA) is 103 Å². The Kier molecular flexibility index (Phi) is 7.07. The number of fused-ring (bicyclic) bond motifs is 2. The van der Waals surface area contributed by atoms with Crippen molar-refractivity contribution in [3.05, 3.63) is 65.4 Å². The number of aryl methyl sites for hydroxylation is 1. The number of carbonyl (C=O) groups is 2. The van der Waals surface area contributed by atoms with Crippen LogP contribution in [0.2, 0.25) is 0 Å². The first kappa shape index (κ1) is 24.7. The van der Waals surface area contributed by atoms with E-state index in [1.807, 2.05) is 41.1 Å². The van der Waals surface area contributed by atoms with Gasteiger partial charge in [-0.25, -0.2) is 9.78 Å². The number of pyridine rings is 2. The highest BCUT2D eigenvalue weighted by Gasteiger charge is 2.29. The summed E-state index contributed by atoms with van der Waals surface area (Å²) in [5, 5.41) is 12.4. The minimum atomic E-state index is -1.12. The zero-order chi connectivity index (χ0) is 25.2. The van der Waals surface area contributed by atoms with Gasteiger partial charge >= 0.3 is 6.09 Å².